The Morgan fingerprint density at radius 1 is 1.41 bits per heavy atom. The van der Waals surface area contributed by atoms with Gasteiger partial charge in [0.25, 0.3) is 0 Å². The molecule has 0 saturated heterocycles. The fourth-order valence-electron chi connectivity index (χ4n) is 1.40. The van der Waals surface area contributed by atoms with E-state index in [1.165, 1.54) is 7.05 Å². The van der Waals surface area contributed by atoms with Gasteiger partial charge in [-0.1, -0.05) is 25.4 Å². The van der Waals surface area contributed by atoms with Crippen LogP contribution in [0.15, 0.2) is 9.59 Å². The van der Waals surface area contributed by atoms with E-state index in [2.05, 4.69) is 0 Å². The van der Waals surface area contributed by atoms with Crippen molar-refractivity contribution in [3.8, 4) is 0 Å². The largest absolute Gasteiger partial charge is 0.369 e. The Morgan fingerprint density at radius 2 is 1.94 bits per heavy atom. The zero-order valence-corrected chi connectivity index (χ0v) is 10.4. The summed E-state index contributed by atoms with van der Waals surface area (Å²) in [6.07, 6.45) is 0. The minimum Gasteiger partial charge on any atom is -0.278 e. The van der Waals surface area contributed by atoms with E-state index in [-0.39, 0.29) is 12.5 Å². The first-order chi connectivity index (χ1) is 7.77. The van der Waals surface area contributed by atoms with Crippen molar-refractivity contribution in [2.75, 3.05) is 0 Å². The Balaban J connectivity index is 3.68. The Morgan fingerprint density at radius 3 is 2.35 bits per heavy atom. The van der Waals surface area contributed by atoms with Gasteiger partial charge in [-0.05, 0) is 5.92 Å². The van der Waals surface area contributed by atoms with Crippen molar-refractivity contribution in [3.05, 3.63) is 36.1 Å². The van der Waals surface area contributed by atoms with Gasteiger partial charge in [-0.2, -0.15) is 0 Å². The number of nitrogens with zero attached hydrogens (tertiary/aromatic N) is 3. The molecule has 1 aromatic rings. The maximum atomic E-state index is 11.7. The van der Waals surface area contributed by atoms with Crippen molar-refractivity contribution < 1.29 is 4.92 Å². The average Bonchev–Trinajstić information content (AvgIpc) is 2.21. The van der Waals surface area contributed by atoms with E-state index < -0.39 is 27.0 Å². The smallest absolute Gasteiger partial charge is 0.278 e. The highest BCUT2D eigenvalue weighted by atomic mass is 35.5. The summed E-state index contributed by atoms with van der Waals surface area (Å²) < 4.78 is 1.72. The summed E-state index contributed by atoms with van der Waals surface area (Å²) in [7, 11) is 1.19. The van der Waals surface area contributed by atoms with E-state index in [9.17, 15) is 19.7 Å². The monoisotopic (exact) mass is 261 g/mol. The van der Waals surface area contributed by atoms with Crippen LogP contribution in [-0.2, 0) is 13.6 Å². The molecule has 0 fully saturated rings. The molecule has 0 unspecified atom stereocenters. The van der Waals surface area contributed by atoms with Crippen molar-refractivity contribution in [3.63, 3.8) is 0 Å². The number of hydrogen-bond acceptors (Lipinski definition) is 4. The third kappa shape index (κ3) is 2.38. The Hall–Kier alpha value is -1.63. The second kappa shape index (κ2) is 4.70. The minimum atomic E-state index is -0.995. The first kappa shape index (κ1) is 13.4. The molecule has 0 aliphatic carbocycles. The third-order valence-electron chi connectivity index (χ3n) is 2.19. The predicted octanol–water partition coefficient (Wildman–Crippen LogP) is 0.765. The van der Waals surface area contributed by atoms with Gasteiger partial charge in [0.15, 0.2) is 5.15 Å². The van der Waals surface area contributed by atoms with Crippen LogP contribution in [0.1, 0.15) is 13.8 Å². The van der Waals surface area contributed by atoms with E-state index in [4.69, 9.17) is 11.6 Å². The standard InChI is InChI=1S/C9H12ClN3O4/c1-5(2)4-12-7(10)6(13(16)17)8(14)11(3)9(12)15/h5H,4H2,1-3H3. The SMILES string of the molecule is CC(C)Cn1c(Cl)c([N+](=O)[O-])c(=O)n(C)c1=O. The predicted molar refractivity (Wildman–Crippen MR) is 62.4 cm³/mol. The lowest BCUT2D eigenvalue weighted by Crippen LogP contribution is -2.40. The summed E-state index contributed by atoms with van der Waals surface area (Å²) >= 11 is 5.74. The second-order valence-corrected chi connectivity index (χ2v) is 4.41. The normalized spacial score (nSPS) is 10.9. The van der Waals surface area contributed by atoms with Gasteiger partial charge in [0.2, 0.25) is 0 Å². The number of nitro groups is 1. The summed E-state index contributed by atoms with van der Waals surface area (Å²) in [5.74, 6) is 0.0716. The number of rotatable bonds is 3. The molecule has 0 amide bonds. The zero-order valence-electron chi connectivity index (χ0n) is 9.64. The molecule has 0 aliphatic rings. The van der Waals surface area contributed by atoms with Gasteiger partial charge in [-0.3, -0.25) is 24.0 Å². The summed E-state index contributed by atoms with van der Waals surface area (Å²) in [6.45, 7) is 3.88. The molecule has 8 heteroatoms. The van der Waals surface area contributed by atoms with Gasteiger partial charge in [0, 0.05) is 13.6 Å². The first-order valence-electron chi connectivity index (χ1n) is 4.91. The molecule has 0 radical (unpaired) electrons. The molecule has 7 nitrogen and oxygen atoms in total. The lowest BCUT2D eigenvalue weighted by atomic mass is 10.2. The van der Waals surface area contributed by atoms with E-state index in [1.54, 1.807) is 0 Å². The topological polar surface area (TPSA) is 87.1 Å². The first-order valence-corrected chi connectivity index (χ1v) is 5.28. The van der Waals surface area contributed by atoms with Crippen molar-refractivity contribution in [1.82, 2.24) is 9.13 Å². The molecule has 0 spiro atoms. The third-order valence-corrected chi connectivity index (χ3v) is 2.57. The molecule has 1 rings (SSSR count). The summed E-state index contributed by atoms with van der Waals surface area (Å²) in [5.41, 5.74) is -2.42. The Kier molecular flexibility index (Phi) is 3.72. The molecular weight excluding hydrogens is 250 g/mol. The van der Waals surface area contributed by atoms with E-state index in [0.29, 0.717) is 4.57 Å². The van der Waals surface area contributed by atoms with Crippen molar-refractivity contribution in [2.45, 2.75) is 20.4 Å². The molecule has 0 atom stereocenters. The van der Waals surface area contributed by atoms with E-state index >= 15 is 0 Å². The lowest BCUT2D eigenvalue weighted by molar-refractivity contribution is -0.386. The zero-order chi connectivity index (χ0) is 13.3. The number of aromatic nitrogens is 2. The van der Waals surface area contributed by atoms with Gasteiger partial charge in [0.1, 0.15) is 0 Å². The highest BCUT2D eigenvalue weighted by Crippen LogP contribution is 2.18. The molecule has 17 heavy (non-hydrogen) atoms. The lowest BCUT2D eigenvalue weighted by Gasteiger charge is -2.11. The molecular formula is C9H12ClN3O4. The van der Waals surface area contributed by atoms with Crippen molar-refractivity contribution in [2.24, 2.45) is 13.0 Å². The van der Waals surface area contributed by atoms with Gasteiger partial charge in [0.05, 0.1) is 4.92 Å². The van der Waals surface area contributed by atoms with Crippen LogP contribution in [0.3, 0.4) is 0 Å². The Labute approximate surface area is 101 Å². The van der Waals surface area contributed by atoms with Crippen LogP contribution in [0.25, 0.3) is 0 Å². The minimum absolute atomic E-state index is 0.0716. The molecule has 1 aromatic heterocycles. The van der Waals surface area contributed by atoms with Crippen molar-refractivity contribution in [1.29, 1.82) is 0 Å². The quantitative estimate of drug-likeness (QED) is 0.457. The van der Waals surface area contributed by atoms with Crippen LogP contribution >= 0.6 is 11.6 Å². The highest BCUT2D eigenvalue weighted by molar-refractivity contribution is 6.31. The van der Waals surface area contributed by atoms with Crippen LogP contribution < -0.4 is 11.2 Å². The van der Waals surface area contributed by atoms with Crippen LogP contribution in [0.4, 0.5) is 5.69 Å². The fourth-order valence-corrected chi connectivity index (χ4v) is 1.69. The summed E-state index contributed by atoms with van der Waals surface area (Å²) in [4.78, 5) is 33.1. The van der Waals surface area contributed by atoms with Gasteiger partial charge >= 0.3 is 16.9 Å². The van der Waals surface area contributed by atoms with Crippen LogP contribution in [0, 0.1) is 16.0 Å². The van der Waals surface area contributed by atoms with E-state index in [1.807, 2.05) is 13.8 Å². The molecule has 0 saturated carbocycles. The maximum absolute atomic E-state index is 11.7. The number of halogens is 1. The molecule has 0 aliphatic heterocycles. The summed E-state index contributed by atoms with van der Waals surface area (Å²) in [5, 5.41) is 10.3. The van der Waals surface area contributed by atoms with Gasteiger partial charge < -0.3 is 0 Å². The van der Waals surface area contributed by atoms with Crippen molar-refractivity contribution >= 4 is 17.3 Å². The fraction of sp³-hybridized carbons (Fsp3) is 0.556. The molecule has 94 valence electrons. The molecule has 0 bridgehead atoms. The molecule has 1 heterocycles. The van der Waals surface area contributed by atoms with Crippen LogP contribution in [-0.4, -0.2) is 14.1 Å². The second-order valence-electron chi connectivity index (χ2n) is 4.05. The van der Waals surface area contributed by atoms with Crippen LogP contribution in [0.2, 0.25) is 5.15 Å². The average molecular weight is 262 g/mol. The van der Waals surface area contributed by atoms with Gasteiger partial charge in [-0.15, -0.1) is 0 Å². The van der Waals surface area contributed by atoms with Gasteiger partial charge in [-0.25, -0.2) is 4.79 Å². The number of hydrogen-bond donors (Lipinski definition) is 0. The Bertz CT molecular complexity index is 573. The maximum Gasteiger partial charge on any atom is 0.369 e. The molecule has 0 N–H and O–H groups in total. The van der Waals surface area contributed by atoms with Crippen LogP contribution in [0.5, 0.6) is 0 Å². The molecule has 0 aromatic carbocycles. The van der Waals surface area contributed by atoms with E-state index in [0.717, 1.165) is 4.57 Å². The highest BCUT2D eigenvalue weighted by Gasteiger charge is 2.25. The summed E-state index contributed by atoms with van der Waals surface area (Å²) in [6, 6.07) is 0.